The zero-order valence-corrected chi connectivity index (χ0v) is 11.1. The summed E-state index contributed by atoms with van der Waals surface area (Å²) in [6, 6.07) is 8.57. The standard InChI is InChI=1S/C15H16F3NO/c1-2-10(19)9-11-7-8-14(20-11)12-5-3-4-6-13(12)15(16,17)18/h3-8,10H,2,9,19H2,1H3. The van der Waals surface area contributed by atoms with Crippen LogP contribution in [0.1, 0.15) is 24.7 Å². The summed E-state index contributed by atoms with van der Waals surface area (Å²) in [4.78, 5) is 0. The first kappa shape index (κ1) is 14.7. The van der Waals surface area contributed by atoms with Crippen molar-refractivity contribution in [2.24, 2.45) is 5.73 Å². The van der Waals surface area contributed by atoms with Crippen LogP contribution < -0.4 is 5.73 Å². The molecular weight excluding hydrogens is 267 g/mol. The number of halogens is 3. The second-order valence-electron chi connectivity index (χ2n) is 4.68. The summed E-state index contributed by atoms with van der Waals surface area (Å²) in [5.74, 6) is 0.822. The zero-order valence-electron chi connectivity index (χ0n) is 11.1. The molecule has 1 unspecified atom stereocenters. The van der Waals surface area contributed by atoms with Gasteiger partial charge < -0.3 is 10.2 Å². The van der Waals surface area contributed by atoms with Crippen LogP contribution in [0.3, 0.4) is 0 Å². The highest BCUT2D eigenvalue weighted by Gasteiger charge is 2.34. The average Bonchev–Trinajstić information content (AvgIpc) is 2.86. The fraction of sp³-hybridized carbons (Fsp3) is 0.333. The third kappa shape index (κ3) is 3.22. The summed E-state index contributed by atoms with van der Waals surface area (Å²) >= 11 is 0. The van der Waals surface area contributed by atoms with Crippen molar-refractivity contribution in [3.05, 3.63) is 47.7 Å². The Balaban J connectivity index is 2.33. The van der Waals surface area contributed by atoms with Crippen molar-refractivity contribution < 1.29 is 17.6 Å². The number of furan rings is 1. The van der Waals surface area contributed by atoms with Crippen LogP contribution in [0, 0.1) is 0 Å². The third-order valence-electron chi connectivity index (χ3n) is 3.15. The van der Waals surface area contributed by atoms with Gasteiger partial charge in [0.25, 0.3) is 0 Å². The van der Waals surface area contributed by atoms with Crippen molar-refractivity contribution >= 4 is 0 Å². The van der Waals surface area contributed by atoms with E-state index < -0.39 is 11.7 Å². The Morgan fingerprint density at radius 1 is 1.15 bits per heavy atom. The Bertz CT molecular complexity index is 574. The first-order chi connectivity index (χ1) is 9.41. The van der Waals surface area contributed by atoms with Gasteiger partial charge in [-0.25, -0.2) is 0 Å². The molecule has 2 aromatic rings. The van der Waals surface area contributed by atoms with Crippen LogP contribution in [0.15, 0.2) is 40.8 Å². The molecule has 20 heavy (non-hydrogen) atoms. The summed E-state index contributed by atoms with van der Waals surface area (Å²) < 4.78 is 44.3. The summed E-state index contributed by atoms with van der Waals surface area (Å²) in [7, 11) is 0. The molecule has 0 spiro atoms. The molecule has 2 rings (SSSR count). The molecule has 1 aromatic carbocycles. The average molecular weight is 283 g/mol. The van der Waals surface area contributed by atoms with Gasteiger partial charge in [0.2, 0.25) is 0 Å². The highest BCUT2D eigenvalue weighted by atomic mass is 19.4. The molecule has 1 heterocycles. The monoisotopic (exact) mass is 283 g/mol. The summed E-state index contributed by atoms with van der Waals surface area (Å²) in [6.07, 6.45) is -3.09. The SMILES string of the molecule is CCC(N)Cc1ccc(-c2ccccc2C(F)(F)F)o1. The third-order valence-corrected chi connectivity index (χ3v) is 3.15. The van der Waals surface area contributed by atoms with Gasteiger partial charge in [0, 0.05) is 18.0 Å². The van der Waals surface area contributed by atoms with Crippen LogP contribution in [0.2, 0.25) is 0 Å². The van der Waals surface area contributed by atoms with Crippen molar-refractivity contribution in [3.8, 4) is 11.3 Å². The Hall–Kier alpha value is -1.75. The Labute approximate surface area is 115 Å². The number of benzene rings is 1. The van der Waals surface area contributed by atoms with Gasteiger partial charge in [-0.3, -0.25) is 0 Å². The highest BCUT2D eigenvalue weighted by Crippen LogP contribution is 2.37. The first-order valence-electron chi connectivity index (χ1n) is 6.42. The highest BCUT2D eigenvalue weighted by molar-refractivity contribution is 5.63. The van der Waals surface area contributed by atoms with Gasteiger partial charge in [-0.1, -0.05) is 25.1 Å². The second-order valence-corrected chi connectivity index (χ2v) is 4.68. The number of rotatable bonds is 4. The maximum absolute atomic E-state index is 12.9. The van der Waals surface area contributed by atoms with Crippen LogP contribution in [0.4, 0.5) is 13.2 Å². The molecule has 0 aliphatic heterocycles. The van der Waals surface area contributed by atoms with Crippen molar-refractivity contribution in [1.29, 1.82) is 0 Å². The Kier molecular flexibility index (Phi) is 4.18. The normalized spacial score (nSPS) is 13.4. The fourth-order valence-corrected chi connectivity index (χ4v) is 1.98. The summed E-state index contributed by atoms with van der Waals surface area (Å²) in [5.41, 5.74) is 5.17. The van der Waals surface area contributed by atoms with Crippen molar-refractivity contribution in [2.45, 2.75) is 32.0 Å². The predicted octanol–water partition coefficient (Wildman–Crippen LogP) is 4.25. The number of hydrogen-bond donors (Lipinski definition) is 1. The molecule has 1 aromatic heterocycles. The molecule has 0 radical (unpaired) electrons. The van der Waals surface area contributed by atoms with E-state index in [-0.39, 0.29) is 17.4 Å². The minimum atomic E-state index is -4.40. The molecule has 1 atom stereocenters. The van der Waals surface area contributed by atoms with E-state index in [4.69, 9.17) is 10.2 Å². The van der Waals surface area contributed by atoms with Crippen LogP contribution in [0.25, 0.3) is 11.3 Å². The number of alkyl halides is 3. The summed E-state index contributed by atoms with van der Waals surface area (Å²) in [5, 5.41) is 0. The molecule has 0 aliphatic carbocycles. The number of nitrogens with two attached hydrogens (primary N) is 1. The van der Waals surface area contributed by atoms with Crippen LogP contribution >= 0.6 is 0 Å². The maximum atomic E-state index is 12.9. The number of hydrogen-bond acceptors (Lipinski definition) is 2. The molecule has 5 heteroatoms. The van der Waals surface area contributed by atoms with Gasteiger partial charge in [0.05, 0.1) is 5.56 Å². The molecule has 0 saturated heterocycles. The molecule has 0 amide bonds. The Morgan fingerprint density at radius 3 is 2.50 bits per heavy atom. The second kappa shape index (κ2) is 5.71. The lowest BCUT2D eigenvalue weighted by atomic mass is 10.1. The topological polar surface area (TPSA) is 39.2 Å². The fourth-order valence-electron chi connectivity index (χ4n) is 1.98. The first-order valence-corrected chi connectivity index (χ1v) is 6.42. The van der Waals surface area contributed by atoms with E-state index in [2.05, 4.69) is 0 Å². The van der Waals surface area contributed by atoms with E-state index in [1.54, 1.807) is 18.2 Å². The molecule has 0 fully saturated rings. The van der Waals surface area contributed by atoms with Gasteiger partial charge in [-0.15, -0.1) is 0 Å². The van der Waals surface area contributed by atoms with Crippen LogP contribution in [-0.4, -0.2) is 6.04 Å². The van der Waals surface area contributed by atoms with Crippen molar-refractivity contribution in [1.82, 2.24) is 0 Å². The van der Waals surface area contributed by atoms with Gasteiger partial charge in [-0.2, -0.15) is 13.2 Å². The zero-order chi connectivity index (χ0) is 14.8. The lowest BCUT2D eigenvalue weighted by Gasteiger charge is -2.11. The molecule has 108 valence electrons. The van der Waals surface area contributed by atoms with Crippen LogP contribution in [-0.2, 0) is 12.6 Å². The van der Waals surface area contributed by atoms with Gasteiger partial charge in [0.1, 0.15) is 11.5 Å². The smallest absolute Gasteiger partial charge is 0.417 e. The molecule has 0 aliphatic rings. The van der Waals surface area contributed by atoms with Crippen molar-refractivity contribution in [2.75, 3.05) is 0 Å². The maximum Gasteiger partial charge on any atom is 0.417 e. The van der Waals surface area contributed by atoms with E-state index >= 15 is 0 Å². The van der Waals surface area contributed by atoms with Crippen molar-refractivity contribution in [3.63, 3.8) is 0 Å². The Morgan fingerprint density at radius 2 is 1.85 bits per heavy atom. The van der Waals surface area contributed by atoms with Gasteiger partial charge in [-0.05, 0) is 24.6 Å². The molecule has 0 saturated carbocycles. The van der Waals surface area contributed by atoms with E-state index in [1.807, 2.05) is 6.92 Å². The lowest BCUT2D eigenvalue weighted by molar-refractivity contribution is -0.137. The minimum Gasteiger partial charge on any atom is -0.461 e. The van der Waals surface area contributed by atoms with E-state index in [0.29, 0.717) is 12.2 Å². The molecule has 2 N–H and O–H groups in total. The molecule has 0 bridgehead atoms. The van der Waals surface area contributed by atoms with E-state index in [0.717, 1.165) is 12.5 Å². The van der Waals surface area contributed by atoms with Crippen LogP contribution in [0.5, 0.6) is 0 Å². The minimum absolute atomic E-state index is 0.0492. The van der Waals surface area contributed by atoms with Gasteiger partial charge >= 0.3 is 6.18 Å². The lowest BCUT2D eigenvalue weighted by Crippen LogP contribution is -2.20. The largest absolute Gasteiger partial charge is 0.461 e. The molecular formula is C15H16F3NO. The summed E-state index contributed by atoms with van der Waals surface area (Å²) in [6.45, 7) is 1.95. The quantitative estimate of drug-likeness (QED) is 0.911. The predicted molar refractivity (Wildman–Crippen MR) is 71.1 cm³/mol. The van der Waals surface area contributed by atoms with E-state index in [1.165, 1.54) is 12.1 Å². The van der Waals surface area contributed by atoms with E-state index in [9.17, 15) is 13.2 Å². The van der Waals surface area contributed by atoms with Gasteiger partial charge in [0.15, 0.2) is 0 Å². The molecule has 2 nitrogen and oxygen atoms in total.